The van der Waals surface area contributed by atoms with E-state index in [0.717, 1.165) is 53.1 Å². The van der Waals surface area contributed by atoms with E-state index in [9.17, 15) is 9.59 Å². The van der Waals surface area contributed by atoms with Crippen LogP contribution in [0.2, 0.25) is 0 Å². The lowest BCUT2D eigenvalue weighted by molar-refractivity contribution is -0.135. The summed E-state index contributed by atoms with van der Waals surface area (Å²) in [6.07, 6.45) is 4.52. The Morgan fingerprint density at radius 2 is 1.61 bits per heavy atom. The van der Waals surface area contributed by atoms with Crippen LogP contribution >= 0.6 is 0 Å². The second kappa shape index (κ2) is 11.9. The van der Waals surface area contributed by atoms with Gasteiger partial charge in [0.25, 0.3) is 0 Å². The molecule has 0 saturated carbocycles. The quantitative estimate of drug-likeness (QED) is 0.291. The first-order valence-corrected chi connectivity index (χ1v) is 13.4. The molecular formula is C31H34N4O3. The first kappa shape index (κ1) is 25.5. The predicted octanol–water partition coefficient (Wildman–Crippen LogP) is 5.36. The fraction of sp³-hybridized carbons (Fsp3) is 0.323. The van der Waals surface area contributed by atoms with Crippen LogP contribution in [0.25, 0.3) is 28.1 Å². The van der Waals surface area contributed by atoms with E-state index in [4.69, 9.17) is 15.5 Å². The van der Waals surface area contributed by atoms with Gasteiger partial charge in [-0.3, -0.25) is 14.2 Å². The Morgan fingerprint density at radius 1 is 0.895 bits per heavy atom. The summed E-state index contributed by atoms with van der Waals surface area (Å²) in [5.41, 5.74) is 9.41. The molecule has 3 aromatic carbocycles. The number of fused-ring (bicyclic) bond motifs is 1. The van der Waals surface area contributed by atoms with Crippen molar-refractivity contribution < 1.29 is 14.3 Å². The maximum atomic E-state index is 12.5. The van der Waals surface area contributed by atoms with Gasteiger partial charge in [0.15, 0.2) is 0 Å². The number of nitrogens with two attached hydrogens (primary N) is 1. The molecule has 0 unspecified atom stereocenters. The number of para-hydroxylation sites is 1. The van der Waals surface area contributed by atoms with Gasteiger partial charge in [-0.25, -0.2) is 4.98 Å². The number of carbonyl (C=O) groups excluding carboxylic acids is 2. The van der Waals surface area contributed by atoms with Crippen LogP contribution in [0.15, 0.2) is 78.9 Å². The smallest absolute Gasteiger partial charge is 0.222 e. The van der Waals surface area contributed by atoms with Crippen LogP contribution in [-0.2, 0) is 9.59 Å². The van der Waals surface area contributed by atoms with Gasteiger partial charge >= 0.3 is 0 Å². The lowest BCUT2D eigenvalue weighted by atomic mass is 9.96. The van der Waals surface area contributed by atoms with Crippen LogP contribution in [0.5, 0.6) is 5.75 Å². The monoisotopic (exact) mass is 510 g/mol. The second-order valence-corrected chi connectivity index (χ2v) is 9.84. The molecule has 0 atom stereocenters. The lowest BCUT2D eigenvalue weighted by Crippen LogP contribution is -2.41. The molecule has 0 radical (unpaired) electrons. The van der Waals surface area contributed by atoms with Gasteiger partial charge in [0.2, 0.25) is 11.8 Å². The number of ether oxygens (including phenoxy) is 1. The highest BCUT2D eigenvalue weighted by atomic mass is 16.5. The van der Waals surface area contributed by atoms with Crippen LogP contribution in [0.3, 0.4) is 0 Å². The zero-order valence-electron chi connectivity index (χ0n) is 21.6. The van der Waals surface area contributed by atoms with Crippen molar-refractivity contribution in [2.75, 3.05) is 19.7 Å². The molecule has 1 aliphatic rings. The second-order valence-electron chi connectivity index (χ2n) is 9.84. The first-order chi connectivity index (χ1) is 18.6. The Kier molecular flexibility index (Phi) is 8.02. The zero-order valence-corrected chi connectivity index (χ0v) is 21.6. The van der Waals surface area contributed by atoms with Crippen molar-refractivity contribution in [2.24, 2.45) is 11.7 Å². The lowest BCUT2D eigenvalue weighted by Gasteiger charge is -2.30. The van der Waals surface area contributed by atoms with Gasteiger partial charge in [0.05, 0.1) is 17.6 Å². The normalized spacial score (nSPS) is 14.1. The summed E-state index contributed by atoms with van der Waals surface area (Å²) in [6.45, 7) is 1.85. The van der Waals surface area contributed by atoms with E-state index < -0.39 is 0 Å². The molecule has 5 rings (SSSR count). The summed E-state index contributed by atoms with van der Waals surface area (Å²) in [5, 5.41) is 0. The molecule has 7 heteroatoms. The van der Waals surface area contributed by atoms with E-state index in [1.54, 1.807) is 0 Å². The third-order valence-electron chi connectivity index (χ3n) is 7.23. The minimum absolute atomic E-state index is 0.0910. The average Bonchev–Trinajstić information content (AvgIpc) is 3.34. The van der Waals surface area contributed by atoms with E-state index in [0.29, 0.717) is 39.0 Å². The molecule has 196 valence electrons. The number of carbonyl (C=O) groups is 2. The standard InChI is InChI=1S/C31H34N4O3/c32-30(37)23-17-19-34(20-18-23)29(36)14-8-3-9-21-38-26-15-16-27-28(22-26)35(25-12-6-2-7-13-25)31(33-27)24-10-4-1-5-11-24/h1-2,4-7,10-13,15-16,22-23H,3,8-9,14,17-21H2,(H2,32,37). The molecule has 0 bridgehead atoms. The fourth-order valence-corrected chi connectivity index (χ4v) is 5.08. The SMILES string of the molecule is NC(=O)C1CCN(C(=O)CCCCCOc2ccc3nc(-c4ccccc4)n(-c4ccccc4)c3c2)CC1. The molecule has 1 aliphatic heterocycles. The number of hydrogen-bond acceptors (Lipinski definition) is 4. The topological polar surface area (TPSA) is 90.5 Å². The Hall–Kier alpha value is -4.13. The number of aromatic nitrogens is 2. The molecule has 0 spiro atoms. The summed E-state index contributed by atoms with van der Waals surface area (Å²) >= 11 is 0. The molecule has 1 saturated heterocycles. The number of amides is 2. The minimum Gasteiger partial charge on any atom is -0.494 e. The summed E-state index contributed by atoms with van der Waals surface area (Å²) in [5.74, 6) is 1.53. The molecule has 2 amide bonds. The van der Waals surface area contributed by atoms with Crippen LogP contribution < -0.4 is 10.5 Å². The van der Waals surface area contributed by atoms with E-state index >= 15 is 0 Å². The largest absolute Gasteiger partial charge is 0.494 e. The van der Waals surface area contributed by atoms with E-state index in [1.807, 2.05) is 53.4 Å². The summed E-state index contributed by atoms with van der Waals surface area (Å²) < 4.78 is 8.27. The van der Waals surface area contributed by atoms with Gasteiger partial charge in [-0.15, -0.1) is 0 Å². The molecule has 38 heavy (non-hydrogen) atoms. The van der Waals surface area contributed by atoms with Gasteiger partial charge in [-0.05, 0) is 56.4 Å². The number of piperidine rings is 1. The van der Waals surface area contributed by atoms with Crippen molar-refractivity contribution in [2.45, 2.75) is 38.5 Å². The number of primary amides is 1. The van der Waals surface area contributed by atoms with Gasteiger partial charge in [0, 0.05) is 42.7 Å². The van der Waals surface area contributed by atoms with Gasteiger partial charge in [0.1, 0.15) is 11.6 Å². The molecule has 2 N–H and O–H groups in total. The zero-order chi connectivity index (χ0) is 26.3. The summed E-state index contributed by atoms with van der Waals surface area (Å²) in [7, 11) is 0. The number of nitrogens with zero attached hydrogens (tertiary/aromatic N) is 3. The average molecular weight is 511 g/mol. The number of hydrogen-bond donors (Lipinski definition) is 1. The third-order valence-corrected chi connectivity index (χ3v) is 7.23. The number of benzene rings is 3. The van der Waals surface area contributed by atoms with E-state index in [1.165, 1.54) is 0 Å². The maximum Gasteiger partial charge on any atom is 0.222 e. The Labute approximate surface area is 223 Å². The molecule has 7 nitrogen and oxygen atoms in total. The predicted molar refractivity (Wildman–Crippen MR) is 149 cm³/mol. The minimum atomic E-state index is -0.252. The van der Waals surface area contributed by atoms with Crippen molar-refractivity contribution >= 4 is 22.8 Å². The molecule has 2 heterocycles. The fourth-order valence-electron chi connectivity index (χ4n) is 5.08. The van der Waals surface area contributed by atoms with Crippen molar-refractivity contribution in [1.29, 1.82) is 0 Å². The summed E-state index contributed by atoms with van der Waals surface area (Å²) in [6, 6.07) is 26.5. The maximum absolute atomic E-state index is 12.5. The number of likely N-dealkylation sites (tertiary alicyclic amines) is 1. The third kappa shape index (κ3) is 5.88. The van der Waals surface area contributed by atoms with Gasteiger partial charge in [-0.1, -0.05) is 48.5 Å². The highest BCUT2D eigenvalue weighted by Gasteiger charge is 2.25. The Morgan fingerprint density at radius 3 is 2.32 bits per heavy atom. The molecule has 1 aromatic heterocycles. The van der Waals surface area contributed by atoms with Gasteiger partial charge < -0.3 is 15.4 Å². The Bertz CT molecular complexity index is 1380. The van der Waals surface area contributed by atoms with E-state index in [2.05, 4.69) is 34.9 Å². The van der Waals surface area contributed by atoms with Crippen LogP contribution in [0, 0.1) is 5.92 Å². The highest BCUT2D eigenvalue weighted by molar-refractivity contribution is 5.84. The number of imidazole rings is 1. The number of rotatable bonds is 10. The van der Waals surface area contributed by atoms with E-state index in [-0.39, 0.29) is 17.7 Å². The van der Waals surface area contributed by atoms with Crippen LogP contribution in [0.1, 0.15) is 38.5 Å². The number of unbranched alkanes of at least 4 members (excludes halogenated alkanes) is 2. The Balaban J connectivity index is 1.17. The van der Waals surface area contributed by atoms with Crippen molar-refractivity contribution in [3.05, 3.63) is 78.9 Å². The molecule has 1 fully saturated rings. The van der Waals surface area contributed by atoms with Crippen LogP contribution in [-0.4, -0.2) is 46.0 Å². The van der Waals surface area contributed by atoms with Crippen molar-refractivity contribution in [1.82, 2.24) is 14.5 Å². The highest BCUT2D eigenvalue weighted by Crippen LogP contribution is 2.31. The van der Waals surface area contributed by atoms with Crippen molar-refractivity contribution in [3.63, 3.8) is 0 Å². The summed E-state index contributed by atoms with van der Waals surface area (Å²) in [4.78, 5) is 30.6. The molecule has 0 aliphatic carbocycles. The van der Waals surface area contributed by atoms with Gasteiger partial charge in [-0.2, -0.15) is 0 Å². The first-order valence-electron chi connectivity index (χ1n) is 13.4. The molecule has 4 aromatic rings. The van der Waals surface area contributed by atoms with Crippen molar-refractivity contribution in [3.8, 4) is 22.8 Å². The van der Waals surface area contributed by atoms with Crippen LogP contribution in [0.4, 0.5) is 0 Å². The molecular weight excluding hydrogens is 476 g/mol.